The Morgan fingerprint density at radius 2 is 1.78 bits per heavy atom. The fourth-order valence-corrected chi connectivity index (χ4v) is 8.18. The molecule has 1 saturated carbocycles. The average molecular weight is 583 g/mol. The van der Waals surface area contributed by atoms with E-state index in [1.807, 2.05) is 12.2 Å². The van der Waals surface area contributed by atoms with Crippen molar-refractivity contribution in [3.63, 3.8) is 0 Å². The van der Waals surface area contributed by atoms with Gasteiger partial charge in [-0.25, -0.2) is 0 Å². The molecule has 1 spiro atoms. The molecule has 41 heavy (non-hydrogen) atoms. The quantitative estimate of drug-likeness (QED) is 0.418. The third-order valence-corrected chi connectivity index (χ3v) is 10.3. The highest BCUT2D eigenvalue weighted by Crippen LogP contribution is 2.55. The van der Waals surface area contributed by atoms with Crippen LogP contribution in [0.15, 0.2) is 36.4 Å². The number of carbonyl (C=O) groups excluding carboxylic acids is 3. The predicted molar refractivity (Wildman–Crippen MR) is 158 cm³/mol. The van der Waals surface area contributed by atoms with Crippen molar-refractivity contribution in [3.8, 4) is 0 Å². The van der Waals surface area contributed by atoms with E-state index < -0.39 is 29.6 Å². The molecule has 4 aliphatic heterocycles. The van der Waals surface area contributed by atoms with Crippen LogP contribution in [0.1, 0.15) is 71.1 Å². The van der Waals surface area contributed by atoms with Crippen molar-refractivity contribution in [1.29, 1.82) is 0 Å². The van der Waals surface area contributed by atoms with Crippen LogP contribution in [-0.2, 0) is 19.1 Å². The molecule has 6 atom stereocenters. The highest BCUT2D eigenvalue weighted by atomic mass is 35.5. The van der Waals surface area contributed by atoms with Gasteiger partial charge in [0.15, 0.2) is 0 Å². The molecule has 1 aromatic rings. The smallest absolute Gasteiger partial charge is 0.246 e. The summed E-state index contributed by atoms with van der Waals surface area (Å²) in [6.45, 7) is 4.70. The first-order chi connectivity index (χ1) is 19.9. The van der Waals surface area contributed by atoms with Gasteiger partial charge in [0.2, 0.25) is 17.7 Å². The first-order valence-electron chi connectivity index (χ1n) is 15.7. The number of anilines is 1. The van der Waals surface area contributed by atoms with Crippen LogP contribution in [0.2, 0.25) is 5.02 Å². The summed E-state index contributed by atoms with van der Waals surface area (Å²) in [6, 6.07) is 6.85. The van der Waals surface area contributed by atoms with E-state index in [0.29, 0.717) is 23.3 Å². The standard InChI is InChI=1S/C32H43ClN4O4/c1-2-24-11-6-7-18-36(24)19-8-20-37-28(30(39)35-22-9-4-3-5-10-22)32-17-16-25(41-32)26(27(32)31(37)40)29(38)34-23-14-12-21(33)13-15-23/h12-17,22,24-28H,2-11,18-20H2,1H3,(H,34,38)(H,35,39)/t24?,25-,26?,27-,28?,32?/m0/s1. The first kappa shape index (κ1) is 28.7. The van der Waals surface area contributed by atoms with Crippen molar-refractivity contribution in [2.75, 3.05) is 25.0 Å². The van der Waals surface area contributed by atoms with Gasteiger partial charge in [-0.2, -0.15) is 0 Å². The number of fused-ring (bicyclic) bond motifs is 1. The number of ether oxygens (including phenoxy) is 1. The van der Waals surface area contributed by atoms with E-state index in [-0.39, 0.29) is 23.8 Å². The zero-order valence-electron chi connectivity index (χ0n) is 24.0. The molecular weight excluding hydrogens is 540 g/mol. The Morgan fingerprint density at radius 1 is 1.02 bits per heavy atom. The average Bonchev–Trinajstić information content (AvgIpc) is 3.62. The lowest BCUT2D eigenvalue weighted by Crippen LogP contribution is -2.56. The van der Waals surface area contributed by atoms with Crippen molar-refractivity contribution in [1.82, 2.24) is 15.1 Å². The van der Waals surface area contributed by atoms with Gasteiger partial charge in [-0.3, -0.25) is 14.4 Å². The second-order valence-corrected chi connectivity index (χ2v) is 13.0. The molecule has 3 amide bonds. The third-order valence-electron chi connectivity index (χ3n) is 10.1. The van der Waals surface area contributed by atoms with Gasteiger partial charge in [0.05, 0.1) is 17.9 Å². The summed E-state index contributed by atoms with van der Waals surface area (Å²) in [7, 11) is 0. The van der Waals surface area contributed by atoms with Gasteiger partial charge >= 0.3 is 0 Å². The molecule has 5 aliphatic rings. The third kappa shape index (κ3) is 5.43. The van der Waals surface area contributed by atoms with E-state index in [4.69, 9.17) is 16.3 Å². The van der Waals surface area contributed by atoms with E-state index in [9.17, 15) is 14.4 Å². The van der Waals surface area contributed by atoms with E-state index in [0.717, 1.165) is 51.6 Å². The number of halogens is 1. The van der Waals surface area contributed by atoms with Crippen LogP contribution < -0.4 is 10.6 Å². The Labute approximate surface area is 248 Å². The van der Waals surface area contributed by atoms with Crippen LogP contribution >= 0.6 is 11.6 Å². The van der Waals surface area contributed by atoms with E-state index in [2.05, 4.69) is 22.5 Å². The molecule has 222 valence electrons. The molecule has 2 N–H and O–H groups in total. The lowest BCUT2D eigenvalue weighted by Gasteiger charge is -2.36. The summed E-state index contributed by atoms with van der Waals surface area (Å²) in [5, 5.41) is 6.81. The van der Waals surface area contributed by atoms with Crippen molar-refractivity contribution in [2.24, 2.45) is 11.8 Å². The van der Waals surface area contributed by atoms with E-state index in [1.54, 1.807) is 29.2 Å². The molecule has 0 radical (unpaired) electrons. The number of hydrogen-bond acceptors (Lipinski definition) is 5. The Balaban J connectivity index is 1.23. The summed E-state index contributed by atoms with van der Waals surface area (Å²) in [5.74, 6) is -2.01. The van der Waals surface area contributed by atoms with Gasteiger partial charge in [0, 0.05) is 35.9 Å². The number of hydrogen-bond donors (Lipinski definition) is 2. The summed E-state index contributed by atoms with van der Waals surface area (Å²) in [6.07, 6.45) is 14.2. The molecule has 8 nitrogen and oxygen atoms in total. The first-order valence-corrected chi connectivity index (χ1v) is 16.1. The maximum atomic E-state index is 14.2. The van der Waals surface area contributed by atoms with Gasteiger partial charge in [-0.15, -0.1) is 0 Å². The van der Waals surface area contributed by atoms with E-state index >= 15 is 0 Å². The minimum Gasteiger partial charge on any atom is -0.359 e. The van der Waals surface area contributed by atoms with Crippen LogP contribution in [0.25, 0.3) is 0 Å². The summed E-state index contributed by atoms with van der Waals surface area (Å²) < 4.78 is 6.50. The van der Waals surface area contributed by atoms with Gasteiger partial charge in [0.1, 0.15) is 11.6 Å². The molecule has 9 heteroatoms. The van der Waals surface area contributed by atoms with Gasteiger partial charge in [0.25, 0.3) is 0 Å². The SMILES string of the molecule is CCC1CCCCN1CCCN1C(=O)[C@@H]2C(C(=O)Nc3ccc(Cl)cc3)[C@@H]3C=CC2(O3)C1C(=O)NC1CCCCC1. The molecule has 4 heterocycles. The van der Waals surface area contributed by atoms with Crippen molar-refractivity contribution in [3.05, 3.63) is 41.4 Å². The zero-order chi connectivity index (χ0) is 28.6. The predicted octanol–water partition coefficient (Wildman–Crippen LogP) is 4.53. The minimum atomic E-state index is -1.13. The maximum Gasteiger partial charge on any atom is 0.246 e. The van der Waals surface area contributed by atoms with Crippen LogP contribution in [0, 0.1) is 11.8 Å². The molecule has 3 saturated heterocycles. The highest BCUT2D eigenvalue weighted by molar-refractivity contribution is 6.30. The number of rotatable bonds is 9. The van der Waals surface area contributed by atoms with Gasteiger partial charge in [-0.05, 0) is 69.3 Å². The molecule has 0 aromatic heterocycles. The fourth-order valence-electron chi connectivity index (χ4n) is 8.05. The molecule has 2 bridgehead atoms. The number of piperidine rings is 1. The van der Waals surface area contributed by atoms with E-state index in [1.165, 1.54) is 25.7 Å². The molecule has 4 unspecified atom stereocenters. The van der Waals surface area contributed by atoms with Gasteiger partial charge < -0.3 is 25.2 Å². The Morgan fingerprint density at radius 3 is 2.54 bits per heavy atom. The van der Waals surface area contributed by atoms with Crippen molar-refractivity contribution >= 4 is 35.0 Å². The van der Waals surface area contributed by atoms with Crippen LogP contribution in [0.4, 0.5) is 5.69 Å². The number of nitrogens with zero attached hydrogens (tertiary/aromatic N) is 2. The number of nitrogens with one attached hydrogen (secondary N) is 2. The molecule has 6 rings (SSSR count). The van der Waals surface area contributed by atoms with Crippen LogP contribution in [0.5, 0.6) is 0 Å². The van der Waals surface area contributed by atoms with Crippen molar-refractivity contribution in [2.45, 2.75) is 101 Å². The molecule has 1 aromatic carbocycles. The second kappa shape index (κ2) is 12.1. The Bertz CT molecular complexity index is 1170. The number of benzene rings is 1. The summed E-state index contributed by atoms with van der Waals surface area (Å²) >= 11 is 6.02. The second-order valence-electron chi connectivity index (χ2n) is 12.5. The number of carbonyl (C=O) groups is 3. The lowest BCUT2D eigenvalue weighted by molar-refractivity contribution is -0.141. The summed E-state index contributed by atoms with van der Waals surface area (Å²) in [4.78, 5) is 46.1. The molecular formula is C32H43ClN4O4. The zero-order valence-corrected chi connectivity index (χ0v) is 24.8. The topological polar surface area (TPSA) is 91.0 Å². The number of likely N-dealkylation sites (tertiary alicyclic amines) is 2. The highest BCUT2D eigenvalue weighted by Gasteiger charge is 2.72. The molecule has 1 aliphatic carbocycles. The minimum absolute atomic E-state index is 0.119. The van der Waals surface area contributed by atoms with Crippen LogP contribution in [-0.4, -0.2) is 77.0 Å². The summed E-state index contributed by atoms with van der Waals surface area (Å²) in [5.41, 5.74) is -0.513. The maximum absolute atomic E-state index is 14.2. The largest absolute Gasteiger partial charge is 0.359 e. The monoisotopic (exact) mass is 582 g/mol. The fraction of sp³-hybridized carbons (Fsp3) is 0.656. The normalized spacial score (nSPS) is 33.3. The van der Waals surface area contributed by atoms with Gasteiger partial charge in [-0.1, -0.05) is 56.4 Å². The molecule has 4 fully saturated rings. The Hall–Kier alpha value is -2.42. The van der Waals surface area contributed by atoms with Crippen molar-refractivity contribution < 1.29 is 19.1 Å². The number of amides is 3. The lowest BCUT2D eigenvalue weighted by atomic mass is 9.74. The van der Waals surface area contributed by atoms with Crippen LogP contribution in [0.3, 0.4) is 0 Å². The Kier molecular flexibility index (Phi) is 8.44.